The molecule has 0 saturated heterocycles. The minimum absolute atomic E-state index is 0.158. The quantitative estimate of drug-likeness (QED) is 0.182. The predicted molar refractivity (Wildman–Crippen MR) is 160 cm³/mol. The summed E-state index contributed by atoms with van der Waals surface area (Å²) >= 11 is 14.4. The Labute approximate surface area is 242 Å². The van der Waals surface area contributed by atoms with E-state index in [1.165, 1.54) is 0 Å². The molecule has 198 valence electrons. The lowest BCUT2D eigenvalue weighted by molar-refractivity contribution is 0.0792. The Morgan fingerprint density at radius 1 is 1.00 bits per heavy atom. The van der Waals surface area contributed by atoms with Crippen LogP contribution in [-0.4, -0.2) is 28.3 Å². The maximum absolute atomic E-state index is 13.7. The molecule has 0 aliphatic heterocycles. The number of nitrogens with one attached hydrogen (secondary N) is 1. The van der Waals surface area contributed by atoms with Crippen LogP contribution in [0.1, 0.15) is 29.3 Å². The van der Waals surface area contributed by atoms with E-state index >= 15 is 0 Å². The van der Waals surface area contributed by atoms with Gasteiger partial charge < -0.3 is 10.1 Å². The SMILES string of the molecule is CC[C@H](COCc1ccccc1)NC(=O)c1cnn(-c2ccc(Cl)cc2Cl)c1-c1cccc(-c2cccs2)c1. The van der Waals surface area contributed by atoms with Gasteiger partial charge >= 0.3 is 0 Å². The van der Waals surface area contributed by atoms with Crippen molar-refractivity contribution in [2.75, 3.05) is 6.61 Å². The molecule has 8 heteroatoms. The lowest BCUT2D eigenvalue weighted by Gasteiger charge is -2.18. The van der Waals surface area contributed by atoms with Crippen LogP contribution in [0.2, 0.25) is 10.0 Å². The molecule has 5 rings (SSSR count). The Bertz CT molecular complexity index is 1550. The highest BCUT2D eigenvalue weighted by Gasteiger charge is 2.23. The first-order valence-electron chi connectivity index (χ1n) is 12.6. The second-order valence-corrected chi connectivity index (χ2v) is 10.8. The summed E-state index contributed by atoms with van der Waals surface area (Å²) in [6.07, 6.45) is 2.31. The summed E-state index contributed by atoms with van der Waals surface area (Å²) in [7, 11) is 0. The second-order valence-electron chi connectivity index (χ2n) is 9.05. The zero-order valence-corrected chi connectivity index (χ0v) is 23.6. The van der Waals surface area contributed by atoms with Gasteiger partial charge in [-0.25, -0.2) is 4.68 Å². The number of nitrogens with zero attached hydrogens (tertiary/aromatic N) is 2. The molecule has 3 aromatic carbocycles. The van der Waals surface area contributed by atoms with Gasteiger partial charge in [0.05, 0.1) is 47.4 Å². The molecule has 0 unspecified atom stereocenters. The van der Waals surface area contributed by atoms with Crippen LogP contribution in [0.4, 0.5) is 0 Å². The molecule has 0 aliphatic rings. The molecule has 1 amide bonds. The van der Waals surface area contributed by atoms with Crippen molar-refractivity contribution in [1.82, 2.24) is 15.1 Å². The highest BCUT2D eigenvalue weighted by atomic mass is 35.5. The Hall–Kier alpha value is -3.42. The van der Waals surface area contributed by atoms with E-state index in [9.17, 15) is 4.79 Å². The van der Waals surface area contributed by atoms with Crippen molar-refractivity contribution in [3.8, 4) is 27.4 Å². The maximum atomic E-state index is 13.7. The molecular weight excluding hydrogens is 549 g/mol. The van der Waals surface area contributed by atoms with E-state index in [0.717, 1.165) is 28.0 Å². The Morgan fingerprint density at radius 3 is 2.56 bits per heavy atom. The average Bonchev–Trinajstić information content (AvgIpc) is 3.64. The van der Waals surface area contributed by atoms with E-state index in [4.69, 9.17) is 27.9 Å². The summed E-state index contributed by atoms with van der Waals surface area (Å²) in [5, 5.41) is 10.8. The summed E-state index contributed by atoms with van der Waals surface area (Å²) in [5.74, 6) is -0.224. The first-order chi connectivity index (χ1) is 19.0. The second kappa shape index (κ2) is 12.6. The Morgan fingerprint density at radius 2 is 1.82 bits per heavy atom. The molecule has 0 radical (unpaired) electrons. The lowest BCUT2D eigenvalue weighted by Crippen LogP contribution is -2.37. The van der Waals surface area contributed by atoms with Crippen LogP contribution in [0.15, 0.2) is 96.5 Å². The van der Waals surface area contributed by atoms with E-state index in [2.05, 4.69) is 28.6 Å². The van der Waals surface area contributed by atoms with Gasteiger partial charge in [0.1, 0.15) is 0 Å². The number of thiophene rings is 1. The third-order valence-electron chi connectivity index (χ3n) is 6.35. The van der Waals surface area contributed by atoms with Crippen molar-refractivity contribution in [3.63, 3.8) is 0 Å². The molecule has 5 nitrogen and oxygen atoms in total. The zero-order valence-electron chi connectivity index (χ0n) is 21.3. The Balaban J connectivity index is 1.46. The first-order valence-corrected chi connectivity index (χ1v) is 14.3. The number of rotatable bonds is 10. The molecule has 5 aromatic rings. The van der Waals surface area contributed by atoms with Crippen molar-refractivity contribution >= 4 is 40.4 Å². The van der Waals surface area contributed by atoms with E-state index in [0.29, 0.717) is 40.2 Å². The summed E-state index contributed by atoms with van der Waals surface area (Å²) < 4.78 is 7.62. The minimum Gasteiger partial charge on any atom is -0.375 e. The number of hydrogen-bond donors (Lipinski definition) is 1. The van der Waals surface area contributed by atoms with Gasteiger partial charge in [-0.15, -0.1) is 11.3 Å². The number of hydrogen-bond acceptors (Lipinski definition) is 4. The highest BCUT2D eigenvalue weighted by molar-refractivity contribution is 7.13. The van der Waals surface area contributed by atoms with Crippen molar-refractivity contribution in [1.29, 1.82) is 0 Å². The number of aromatic nitrogens is 2. The molecule has 0 bridgehead atoms. The van der Waals surface area contributed by atoms with Crippen molar-refractivity contribution in [2.45, 2.75) is 26.0 Å². The van der Waals surface area contributed by atoms with Gasteiger partial charge in [-0.3, -0.25) is 4.79 Å². The fraction of sp³-hybridized carbons (Fsp3) is 0.161. The van der Waals surface area contributed by atoms with Crippen LogP contribution in [0.25, 0.3) is 27.4 Å². The molecule has 2 aromatic heterocycles. The topological polar surface area (TPSA) is 56.1 Å². The van der Waals surface area contributed by atoms with Crippen molar-refractivity contribution in [3.05, 3.63) is 118 Å². The highest BCUT2D eigenvalue weighted by Crippen LogP contribution is 2.34. The van der Waals surface area contributed by atoms with Gasteiger partial charge in [-0.05, 0) is 53.3 Å². The number of halogens is 2. The van der Waals surface area contributed by atoms with Crippen molar-refractivity contribution < 1.29 is 9.53 Å². The summed E-state index contributed by atoms with van der Waals surface area (Å²) in [6, 6.07) is 27.2. The predicted octanol–water partition coefficient (Wildman–Crippen LogP) is 8.30. The smallest absolute Gasteiger partial charge is 0.255 e. The minimum atomic E-state index is -0.224. The van der Waals surface area contributed by atoms with Gasteiger partial charge in [0.15, 0.2) is 0 Å². The molecule has 1 atom stereocenters. The van der Waals surface area contributed by atoms with E-state index in [1.807, 2.05) is 60.8 Å². The molecule has 0 fully saturated rings. The van der Waals surface area contributed by atoms with Gasteiger partial charge in [-0.2, -0.15) is 5.10 Å². The summed E-state index contributed by atoms with van der Waals surface area (Å²) in [6.45, 7) is 2.91. The maximum Gasteiger partial charge on any atom is 0.255 e. The van der Waals surface area contributed by atoms with Gasteiger partial charge in [0, 0.05) is 15.5 Å². The normalized spacial score (nSPS) is 11.9. The molecule has 0 aliphatic carbocycles. The van der Waals surface area contributed by atoms with Crippen LogP contribution in [0.5, 0.6) is 0 Å². The van der Waals surface area contributed by atoms with Crippen LogP contribution in [-0.2, 0) is 11.3 Å². The van der Waals surface area contributed by atoms with E-state index in [-0.39, 0.29) is 11.9 Å². The van der Waals surface area contributed by atoms with E-state index in [1.54, 1.807) is 40.4 Å². The fourth-order valence-electron chi connectivity index (χ4n) is 4.31. The monoisotopic (exact) mass is 575 g/mol. The third kappa shape index (κ3) is 6.43. The molecule has 0 saturated carbocycles. The Kier molecular flexibility index (Phi) is 8.79. The van der Waals surface area contributed by atoms with E-state index < -0.39 is 0 Å². The van der Waals surface area contributed by atoms with Crippen LogP contribution < -0.4 is 5.32 Å². The largest absolute Gasteiger partial charge is 0.375 e. The molecule has 39 heavy (non-hydrogen) atoms. The lowest BCUT2D eigenvalue weighted by atomic mass is 10.0. The van der Waals surface area contributed by atoms with Crippen LogP contribution in [0.3, 0.4) is 0 Å². The number of benzene rings is 3. The fourth-order valence-corrected chi connectivity index (χ4v) is 5.52. The number of carbonyl (C=O) groups excluding carboxylic acids is 1. The number of amides is 1. The molecular formula is C31H27Cl2N3O2S. The van der Waals surface area contributed by atoms with Gasteiger partial charge in [0.2, 0.25) is 0 Å². The average molecular weight is 577 g/mol. The zero-order chi connectivity index (χ0) is 27.2. The summed E-state index contributed by atoms with van der Waals surface area (Å²) in [5.41, 5.74) is 4.73. The molecule has 0 spiro atoms. The molecule has 2 heterocycles. The summed E-state index contributed by atoms with van der Waals surface area (Å²) in [4.78, 5) is 14.8. The standard InChI is InChI=1S/C31H27Cl2N3O2S/c1-2-25(20-38-19-21-8-4-3-5-9-21)35-31(37)26-18-34-36(28-14-13-24(32)17-27(28)33)30(26)23-11-6-10-22(16-23)29-12-7-15-39-29/h3-18,25H,2,19-20H2,1H3,(H,35,37)/t25-/m1/s1. The number of carbonyl (C=O) groups is 1. The van der Waals surface area contributed by atoms with Crippen LogP contribution in [0, 0.1) is 0 Å². The third-order valence-corrected chi connectivity index (χ3v) is 7.81. The van der Waals surface area contributed by atoms with Crippen molar-refractivity contribution in [2.24, 2.45) is 0 Å². The number of ether oxygens (including phenoxy) is 1. The van der Waals surface area contributed by atoms with Gasteiger partial charge in [-0.1, -0.05) is 84.7 Å². The molecule has 1 N–H and O–H groups in total. The first kappa shape index (κ1) is 27.2. The van der Waals surface area contributed by atoms with Crippen LogP contribution >= 0.6 is 34.5 Å². The van der Waals surface area contributed by atoms with Gasteiger partial charge in [0.25, 0.3) is 5.91 Å².